The fourth-order valence-corrected chi connectivity index (χ4v) is 4.85. The number of carbonyl (C=O) groups excluding carboxylic acids is 2. The van der Waals surface area contributed by atoms with Crippen LogP contribution in [0.5, 0.6) is 0 Å². The van der Waals surface area contributed by atoms with E-state index in [-0.39, 0.29) is 11.8 Å². The molecular formula is C21H23N3O2S3. The summed E-state index contributed by atoms with van der Waals surface area (Å²) in [5.41, 5.74) is 3.09. The molecule has 0 bridgehead atoms. The molecule has 8 heteroatoms. The molecule has 1 aromatic carbocycles. The molecule has 0 unspecified atom stereocenters. The number of benzene rings is 1. The molecule has 29 heavy (non-hydrogen) atoms. The second-order valence-electron chi connectivity index (χ2n) is 6.90. The number of hydrogen-bond donors (Lipinski definition) is 1. The Morgan fingerprint density at radius 2 is 1.97 bits per heavy atom. The fraction of sp³-hybridized carbons (Fsp3) is 0.333. The summed E-state index contributed by atoms with van der Waals surface area (Å²) in [6, 6.07) is 8.05. The van der Waals surface area contributed by atoms with Crippen LogP contribution in [0.3, 0.4) is 0 Å². The molecule has 1 fully saturated rings. The van der Waals surface area contributed by atoms with Crippen LogP contribution in [-0.2, 0) is 9.59 Å². The summed E-state index contributed by atoms with van der Waals surface area (Å²) < 4.78 is 0.602. The van der Waals surface area contributed by atoms with Gasteiger partial charge in [0, 0.05) is 18.3 Å². The highest BCUT2D eigenvalue weighted by atomic mass is 32.2. The zero-order valence-corrected chi connectivity index (χ0v) is 18.9. The Hall–Kier alpha value is -2.03. The van der Waals surface area contributed by atoms with Gasteiger partial charge >= 0.3 is 0 Å². The molecule has 2 heterocycles. The van der Waals surface area contributed by atoms with Gasteiger partial charge < -0.3 is 5.32 Å². The summed E-state index contributed by atoms with van der Waals surface area (Å²) in [5.74, 6) is -0.0524. The predicted molar refractivity (Wildman–Crippen MR) is 125 cm³/mol. The first-order valence-corrected chi connectivity index (χ1v) is 11.6. The Morgan fingerprint density at radius 1 is 1.21 bits per heavy atom. The van der Waals surface area contributed by atoms with Crippen molar-refractivity contribution in [1.29, 1.82) is 0 Å². The molecule has 1 aliphatic heterocycles. The molecule has 5 nitrogen and oxygen atoms in total. The number of nitrogens with zero attached hydrogens (tertiary/aromatic N) is 2. The SMILES string of the molecule is Cc1ccc(/C=C2\SC(=S)N(CCCCCC(=O)Nc3nc(C)cs3)C2=O)cc1. The fourth-order valence-electron chi connectivity index (χ4n) is 2.83. The van der Waals surface area contributed by atoms with Crippen molar-refractivity contribution in [3.63, 3.8) is 0 Å². The second-order valence-corrected chi connectivity index (χ2v) is 9.43. The van der Waals surface area contributed by atoms with Gasteiger partial charge in [-0.05, 0) is 38.3 Å². The van der Waals surface area contributed by atoms with E-state index in [2.05, 4.69) is 10.3 Å². The third-order valence-corrected chi connectivity index (χ3v) is 6.65. The number of thiazole rings is 1. The standard InChI is InChI=1S/C21H23N3O2S3/c1-14-7-9-16(10-8-14)12-17-19(26)24(21(27)29-17)11-5-3-4-6-18(25)23-20-22-15(2)13-28-20/h7-10,12-13H,3-6,11H2,1-2H3,(H,22,23,25)/b17-12-. The lowest BCUT2D eigenvalue weighted by molar-refractivity contribution is -0.122. The van der Waals surface area contributed by atoms with Crippen molar-refractivity contribution in [1.82, 2.24) is 9.88 Å². The maximum Gasteiger partial charge on any atom is 0.266 e. The minimum atomic E-state index is -0.0301. The van der Waals surface area contributed by atoms with Crippen molar-refractivity contribution in [2.45, 2.75) is 39.5 Å². The van der Waals surface area contributed by atoms with Crippen LogP contribution in [0.1, 0.15) is 42.5 Å². The minimum Gasteiger partial charge on any atom is -0.302 e. The number of aromatic nitrogens is 1. The van der Waals surface area contributed by atoms with E-state index < -0.39 is 0 Å². The summed E-state index contributed by atoms with van der Waals surface area (Å²) in [6.07, 6.45) is 4.78. The van der Waals surface area contributed by atoms with Crippen LogP contribution in [0, 0.1) is 13.8 Å². The topological polar surface area (TPSA) is 62.3 Å². The average Bonchev–Trinajstić information content (AvgIpc) is 3.20. The van der Waals surface area contributed by atoms with E-state index in [1.54, 1.807) is 4.90 Å². The molecule has 1 N–H and O–H groups in total. The van der Waals surface area contributed by atoms with Crippen molar-refractivity contribution < 1.29 is 9.59 Å². The Labute approximate surface area is 184 Å². The van der Waals surface area contributed by atoms with Gasteiger partial charge in [-0.2, -0.15) is 0 Å². The molecule has 3 rings (SSSR count). The molecule has 0 atom stereocenters. The van der Waals surface area contributed by atoms with Crippen molar-refractivity contribution in [2.24, 2.45) is 0 Å². The third kappa shape index (κ3) is 6.22. The first kappa shape index (κ1) is 21.7. The Bertz CT molecular complexity index is 935. The zero-order chi connectivity index (χ0) is 20.8. The first-order chi connectivity index (χ1) is 13.9. The summed E-state index contributed by atoms with van der Waals surface area (Å²) in [5, 5.41) is 5.37. The van der Waals surface area contributed by atoms with Crippen LogP contribution < -0.4 is 5.32 Å². The highest BCUT2D eigenvalue weighted by Crippen LogP contribution is 2.32. The Kier molecular flexibility index (Phi) is 7.57. The number of carbonyl (C=O) groups is 2. The lowest BCUT2D eigenvalue weighted by Crippen LogP contribution is -2.29. The number of unbranched alkanes of at least 4 members (excludes halogenated alkanes) is 2. The van der Waals surface area contributed by atoms with Crippen molar-refractivity contribution >= 4 is 62.7 Å². The van der Waals surface area contributed by atoms with E-state index in [1.165, 1.54) is 28.7 Å². The summed E-state index contributed by atoms with van der Waals surface area (Å²) >= 11 is 8.17. The van der Waals surface area contributed by atoms with Crippen molar-refractivity contribution in [3.8, 4) is 0 Å². The molecule has 0 spiro atoms. The lowest BCUT2D eigenvalue weighted by Gasteiger charge is -2.14. The number of nitrogens with one attached hydrogen (secondary N) is 1. The second kappa shape index (κ2) is 10.1. The molecular weight excluding hydrogens is 422 g/mol. The van der Waals surface area contributed by atoms with Gasteiger partial charge in [0.25, 0.3) is 5.91 Å². The highest BCUT2D eigenvalue weighted by molar-refractivity contribution is 8.26. The predicted octanol–water partition coefficient (Wildman–Crippen LogP) is 5.16. The molecule has 2 aromatic rings. The van der Waals surface area contributed by atoms with Crippen LogP contribution in [0.25, 0.3) is 6.08 Å². The first-order valence-electron chi connectivity index (χ1n) is 9.46. The summed E-state index contributed by atoms with van der Waals surface area (Å²) in [7, 11) is 0. The maximum absolute atomic E-state index is 12.6. The van der Waals surface area contributed by atoms with Crippen LogP contribution in [0.4, 0.5) is 5.13 Å². The molecule has 2 amide bonds. The number of hydrogen-bond acceptors (Lipinski definition) is 6. The number of thiocarbonyl (C=S) groups is 1. The maximum atomic E-state index is 12.6. The van der Waals surface area contributed by atoms with Gasteiger partial charge in [0.2, 0.25) is 5.91 Å². The van der Waals surface area contributed by atoms with E-state index in [4.69, 9.17) is 12.2 Å². The largest absolute Gasteiger partial charge is 0.302 e. The quantitative estimate of drug-likeness (QED) is 0.345. The van der Waals surface area contributed by atoms with E-state index in [0.717, 1.165) is 30.5 Å². The van der Waals surface area contributed by atoms with Gasteiger partial charge in [0.1, 0.15) is 4.32 Å². The summed E-state index contributed by atoms with van der Waals surface area (Å²) in [6.45, 7) is 4.52. The molecule has 0 saturated carbocycles. The van der Waals surface area contributed by atoms with E-state index in [0.29, 0.717) is 27.3 Å². The van der Waals surface area contributed by atoms with Gasteiger partial charge in [-0.15, -0.1) is 11.3 Å². The lowest BCUT2D eigenvalue weighted by atomic mass is 10.1. The molecule has 0 aliphatic carbocycles. The highest BCUT2D eigenvalue weighted by Gasteiger charge is 2.31. The minimum absolute atomic E-state index is 0.0222. The number of aryl methyl sites for hydroxylation is 2. The monoisotopic (exact) mass is 445 g/mol. The van der Waals surface area contributed by atoms with Crippen LogP contribution in [0.2, 0.25) is 0 Å². The number of amides is 2. The molecule has 0 radical (unpaired) electrons. The van der Waals surface area contributed by atoms with E-state index in [9.17, 15) is 9.59 Å². The van der Waals surface area contributed by atoms with Crippen molar-refractivity contribution in [3.05, 3.63) is 51.4 Å². The van der Waals surface area contributed by atoms with Gasteiger partial charge in [-0.3, -0.25) is 14.5 Å². The van der Waals surface area contributed by atoms with E-state index in [1.807, 2.05) is 49.6 Å². The van der Waals surface area contributed by atoms with Gasteiger partial charge in [-0.1, -0.05) is 60.2 Å². The van der Waals surface area contributed by atoms with Gasteiger partial charge in [0.05, 0.1) is 10.6 Å². The average molecular weight is 446 g/mol. The molecule has 1 saturated heterocycles. The normalized spacial score (nSPS) is 15.4. The van der Waals surface area contributed by atoms with Crippen LogP contribution >= 0.6 is 35.3 Å². The van der Waals surface area contributed by atoms with Crippen LogP contribution in [-0.4, -0.2) is 32.6 Å². The van der Waals surface area contributed by atoms with Gasteiger partial charge in [0.15, 0.2) is 5.13 Å². The number of anilines is 1. The number of thioether (sulfide) groups is 1. The molecule has 1 aromatic heterocycles. The van der Waals surface area contributed by atoms with Crippen molar-refractivity contribution in [2.75, 3.05) is 11.9 Å². The summed E-state index contributed by atoms with van der Waals surface area (Å²) in [4.78, 5) is 31.1. The molecule has 152 valence electrons. The van der Waals surface area contributed by atoms with E-state index >= 15 is 0 Å². The zero-order valence-electron chi connectivity index (χ0n) is 16.4. The third-order valence-electron chi connectivity index (χ3n) is 4.40. The number of rotatable bonds is 8. The Morgan fingerprint density at radius 3 is 2.66 bits per heavy atom. The Balaban J connectivity index is 1.41. The van der Waals surface area contributed by atoms with Crippen LogP contribution in [0.15, 0.2) is 34.6 Å². The molecule has 1 aliphatic rings. The smallest absolute Gasteiger partial charge is 0.266 e. The van der Waals surface area contributed by atoms with Gasteiger partial charge in [-0.25, -0.2) is 4.98 Å².